The van der Waals surface area contributed by atoms with Gasteiger partial charge in [0.25, 0.3) is 0 Å². The average Bonchev–Trinajstić information content (AvgIpc) is 3.38. The molecular formula is C27H33F4N7O2. The minimum absolute atomic E-state index is 0.0828. The number of ether oxygens (including phenoxy) is 2. The Morgan fingerprint density at radius 1 is 1.07 bits per heavy atom. The molecule has 40 heavy (non-hydrogen) atoms. The number of rotatable bonds is 5. The van der Waals surface area contributed by atoms with Gasteiger partial charge in [0.2, 0.25) is 0 Å². The molecule has 4 heterocycles. The van der Waals surface area contributed by atoms with E-state index in [1.165, 1.54) is 6.20 Å². The van der Waals surface area contributed by atoms with Crippen molar-refractivity contribution in [2.45, 2.75) is 26.6 Å². The van der Waals surface area contributed by atoms with Crippen LogP contribution in [0, 0.1) is 5.82 Å². The lowest BCUT2D eigenvalue weighted by atomic mass is 10.0. The van der Waals surface area contributed by atoms with Gasteiger partial charge in [0.1, 0.15) is 28.4 Å². The molecule has 1 aromatic carbocycles. The first-order valence-corrected chi connectivity index (χ1v) is 12.7. The van der Waals surface area contributed by atoms with E-state index in [1.54, 1.807) is 27.5 Å². The number of aromatic amines is 1. The van der Waals surface area contributed by atoms with Gasteiger partial charge < -0.3 is 19.7 Å². The van der Waals surface area contributed by atoms with Crippen LogP contribution < -0.4 is 10.2 Å². The van der Waals surface area contributed by atoms with Crippen LogP contribution in [0.1, 0.15) is 25.0 Å². The number of benzene rings is 1. The van der Waals surface area contributed by atoms with E-state index < -0.39 is 23.1 Å². The van der Waals surface area contributed by atoms with Gasteiger partial charge >= 0.3 is 6.18 Å². The monoisotopic (exact) mass is 563 g/mol. The van der Waals surface area contributed by atoms with Crippen LogP contribution in [-0.2, 0) is 22.2 Å². The molecule has 0 saturated carbocycles. The summed E-state index contributed by atoms with van der Waals surface area (Å²) < 4.78 is 66.1. The van der Waals surface area contributed by atoms with Crippen molar-refractivity contribution in [3.05, 3.63) is 53.6 Å². The predicted octanol–water partition coefficient (Wildman–Crippen LogP) is 5.08. The molecule has 1 saturated heterocycles. The van der Waals surface area contributed by atoms with Crippen LogP contribution in [-0.4, -0.2) is 72.7 Å². The number of anilines is 1. The summed E-state index contributed by atoms with van der Waals surface area (Å²) in [5.74, 6) is -0.643. The van der Waals surface area contributed by atoms with Gasteiger partial charge in [-0.3, -0.25) is 5.10 Å². The highest BCUT2D eigenvalue weighted by Gasteiger charge is 2.36. The maximum Gasteiger partial charge on any atom is 0.417 e. The van der Waals surface area contributed by atoms with E-state index >= 15 is 0 Å². The summed E-state index contributed by atoms with van der Waals surface area (Å²) >= 11 is 0. The molecule has 1 aliphatic rings. The van der Waals surface area contributed by atoms with Crippen LogP contribution in [0.25, 0.3) is 33.7 Å². The fourth-order valence-corrected chi connectivity index (χ4v) is 4.06. The van der Waals surface area contributed by atoms with Crippen LogP contribution in [0.15, 0.2) is 36.7 Å². The summed E-state index contributed by atoms with van der Waals surface area (Å²) in [6.07, 6.45) is -1.88. The van der Waals surface area contributed by atoms with Crippen molar-refractivity contribution in [3.8, 4) is 22.6 Å². The highest BCUT2D eigenvalue weighted by molar-refractivity contribution is 5.90. The molecule has 0 spiro atoms. The third kappa shape index (κ3) is 7.09. The van der Waals surface area contributed by atoms with Crippen molar-refractivity contribution in [2.24, 2.45) is 0 Å². The van der Waals surface area contributed by atoms with Gasteiger partial charge in [-0.15, -0.1) is 0 Å². The number of methoxy groups -OCH3 is 1. The van der Waals surface area contributed by atoms with E-state index in [2.05, 4.69) is 40.1 Å². The Bertz CT molecular complexity index is 1370. The van der Waals surface area contributed by atoms with Crippen molar-refractivity contribution >= 4 is 16.9 Å². The Kier molecular flexibility index (Phi) is 10.9. The first-order chi connectivity index (χ1) is 19.3. The van der Waals surface area contributed by atoms with Gasteiger partial charge in [-0.2, -0.15) is 18.3 Å². The minimum atomic E-state index is -4.79. The highest BCUT2D eigenvalue weighted by atomic mass is 19.4. The van der Waals surface area contributed by atoms with E-state index in [0.717, 1.165) is 31.0 Å². The number of pyridine rings is 1. The van der Waals surface area contributed by atoms with Crippen LogP contribution in [0.2, 0.25) is 0 Å². The zero-order chi connectivity index (χ0) is 29.3. The van der Waals surface area contributed by atoms with Gasteiger partial charge in [0.15, 0.2) is 5.82 Å². The standard InChI is InChI=1S/C23H21F4N7O.C2H6O.C2H6/c1-28-10-13-8-15(23(25,26)27)19(16(24)9-13)22-30-12-17-21(31-22)20(33-32-17)14-2-3-18(29-11-14)34-4-6-35-7-5-34;1-3-2;1-2/h2-3,8-9,11-12,28H,4-7,10H2,1H3,(H,32,33);1-2H3;1-2H3. The summed E-state index contributed by atoms with van der Waals surface area (Å²) in [5.41, 5.74) is -0.0118. The molecule has 9 nitrogen and oxygen atoms in total. The highest BCUT2D eigenvalue weighted by Crippen LogP contribution is 2.39. The van der Waals surface area contributed by atoms with Crippen LogP contribution in [0.5, 0.6) is 0 Å². The summed E-state index contributed by atoms with van der Waals surface area (Å²) in [4.78, 5) is 14.9. The summed E-state index contributed by atoms with van der Waals surface area (Å²) in [5, 5.41) is 9.75. The number of morpholine rings is 1. The average molecular weight is 564 g/mol. The molecule has 1 fully saturated rings. The number of hydrogen-bond acceptors (Lipinski definition) is 8. The topological polar surface area (TPSA) is 101 Å². The van der Waals surface area contributed by atoms with Gasteiger partial charge in [0, 0.05) is 45.6 Å². The molecule has 0 amide bonds. The molecule has 216 valence electrons. The quantitative estimate of drug-likeness (QED) is 0.324. The number of hydrogen-bond donors (Lipinski definition) is 2. The largest absolute Gasteiger partial charge is 0.417 e. The molecular weight excluding hydrogens is 530 g/mol. The normalized spacial score (nSPS) is 13.4. The molecule has 2 N–H and O–H groups in total. The van der Waals surface area contributed by atoms with Crippen molar-refractivity contribution in [1.82, 2.24) is 30.5 Å². The zero-order valence-electron chi connectivity index (χ0n) is 23.1. The molecule has 0 aliphatic carbocycles. The van der Waals surface area contributed by atoms with Gasteiger partial charge in [-0.05, 0) is 36.9 Å². The maximum absolute atomic E-state index is 15.0. The first-order valence-electron chi connectivity index (χ1n) is 12.7. The Labute approximate surface area is 230 Å². The van der Waals surface area contributed by atoms with Gasteiger partial charge in [0.05, 0.1) is 30.5 Å². The van der Waals surface area contributed by atoms with E-state index in [4.69, 9.17) is 4.74 Å². The number of fused-ring (bicyclic) bond motifs is 1. The smallest absolute Gasteiger partial charge is 0.388 e. The molecule has 0 bridgehead atoms. The van der Waals surface area contributed by atoms with Gasteiger partial charge in [-0.25, -0.2) is 19.3 Å². The van der Waals surface area contributed by atoms with Crippen molar-refractivity contribution in [1.29, 1.82) is 0 Å². The van der Waals surface area contributed by atoms with E-state index in [9.17, 15) is 17.6 Å². The second kappa shape index (κ2) is 14.1. The number of nitrogens with zero attached hydrogens (tertiary/aromatic N) is 5. The van der Waals surface area contributed by atoms with E-state index in [0.29, 0.717) is 30.0 Å². The van der Waals surface area contributed by atoms with E-state index in [-0.39, 0.29) is 23.4 Å². The van der Waals surface area contributed by atoms with Crippen LogP contribution in [0.4, 0.5) is 23.4 Å². The third-order valence-electron chi connectivity index (χ3n) is 5.72. The van der Waals surface area contributed by atoms with Crippen LogP contribution >= 0.6 is 0 Å². The number of halogens is 4. The first kappa shape index (κ1) is 30.9. The summed E-state index contributed by atoms with van der Waals surface area (Å²) in [6, 6.07) is 5.61. The third-order valence-corrected chi connectivity index (χ3v) is 5.72. The lowest BCUT2D eigenvalue weighted by Gasteiger charge is -2.27. The van der Waals surface area contributed by atoms with E-state index in [1.807, 2.05) is 26.0 Å². The molecule has 3 aromatic heterocycles. The molecule has 13 heteroatoms. The van der Waals surface area contributed by atoms with Crippen molar-refractivity contribution in [2.75, 3.05) is 52.5 Å². The lowest BCUT2D eigenvalue weighted by Crippen LogP contribution is -2.36. The Morgan fingerprint density at radius 2 is 1.77 bits per heavy atom. The van der Waals surface area contributed by atoms with Crippen LogP contribution in [0.3, 0.4) is 0 Å². The summed E-state index contributed by atoms with van der Waals surface area (Å²) in [7, 11) is 4.82. The summed E-state index contributed by atoms with van der Waals surface area (Å²) in [6.45, 7) is 6.79. The van der Waals surface area contributed by atoms with Gasteiger partial charge in [-0.1, -0.05) is 13.8 Å². The Morgan fingerprint density at radius 3 is 2.38 bits per heavy atom. The Balaban J connectivity index is 0.000000827. The van der Waals surface area contributed by atoms with Crippen molar-refractivity contribution in [3.63, 3.8) is 0 Å². The second-order valence-electron chi connectivity index (χ2n) is 8.47. The molecule has 5 rings (SSSR count). The molecule has 1 aliphatic heterocycles. The predicted molar refractivity (Wildman–Crippen MR) is 145 cm³/mol. The zero-order valence-corrected chi connectivity index (χ0v) is 23.1. The second-order valence-corrected chi connectivity index (χ2v) is 8.47. The SMILES string of the molecule is CC.CNCc1cc(F)c(-c2ncc3[nH]nc(-c4ccc(N5CCOCC5)nc4)c3n2)c(C(F)(F)F)c1.COC. The lowest BCUT2D eigenvalue weighted by molar-refractivity contribution is -0.137. The minimum Gasteiger partial charge on any atom is -0.388 e. The van der Waals surface area contributed by atoms with Crippen molar-refractivity contribution < 1.29 is 27.0 Å². The Hall–Kier alpha value is -3.68. The molecule has 0 atom stereocenters. The number of aromatic nitrogens is 5. The number of nitrogens with one attached hydrogen (secondary N) is 2. The number of H-pyrrole nitrogens is 1. The fraction of sp³-hybridized carbons (Fsp3) is 0.407. The fourth-order valence-electron chi connectivity index (χ4n) is 4.06. The molecule has 0 unspecified atom stereocenters. The molecule has 4 aromatic rings. The molecule has 0 radical (unpaired) electrons. The number of alkyl halides is 3. The maximum atomic E-state index is 15.0.